The maximum atomic E-state index is 3.79. The van der Waals surface area contributed by atoms with Gasteiger partial charge in [-0.15, -0.1) is 0 Å². The van der Waals surface area contributed by atoms with Crippen LogP contribution in [0.5, 0.6) is 0 Å². The van der Waals surface area contributed by atoms with Crippen LogP contribution in [-0.4, -0.2) is 36.6 Å². The maximum Gasteiger partial charge on any atom is 0.0249 e. The largest absolute Gasteiger partial charge is 0.311 e. The summed E-state index contributed by atoms with van der Waals surface area (Å²) in [5.41, 5.74) is 0. The van der Waals surface area contributed by atoms with Gasteiger partial charge in [-0.1, -0.05) is 19.8 Å². The molecule has 2 aliphatic carbocycles. The molecule has 17 heavy (non-hydrogen) atoms. The van der Waals surface area contributed by atoms with E-state index in [2.05, 4.69) is 17.1 Å². The average molecular weight is 236 g/mol. The van der Waals surface area contributed by atoms with Crippen LogP contribution in [0.25, 0.3) is 0 Å². The van der Waals surface area contributed by atoms with Crippen LogP contribution >= 0.6 is 0 Å². The molecule has 1 heterocycles. The molecule has 0 amide bonds. The lowest BCUT2D eigenvalue weighted by Gasteiger charge is -2.44. The Bertz CT molecular complexity index is 245. The van der Waals surface area contributed by atoms with Gasteiger partial charge in [0.05, 0.1) is 0 Å². The number of hydrogen-bond acceptors (Lipinski definition) is 2. The van der Waals surface area contributed by atoms with E-state index in [9.17, 15) is 0 Å². The van der Waals surface area contributed by atoms with Crippen molar-refractivity contribution in [2.24, 2.45) is 11.8 Å². The van der Waals surface area contributed by atoms with Crippen molar-refractivity contribution in [3.63, 3.8) is 0 Å². The lowest BCUT2D eigenvalue weighted by molar-refractivity contribution is 0.0753. The predicted octanol–water partition coefficient (Wildman–Crippen LogP) is 2.64. The van der Waals surface area contributed by atoms with Crippen LogP contribution in [-0.2, 0) is 0 Å². The van der Waals surface area contributed by atoms with Gasteiger partial charge in [0, 0.05) is 31.7 Å². The van der Waals surface area contributed by atoms with Gasteiger partial charge >= 0.3 is 0 Å². The number of piperazine rings is 1. The lowest BCUT2D eigenvalue weighted by atomic mass is 9.84. The first-order valence-electron chi connectivity index (χ1n) is 7.84. The van der Waals surface area contributed by atoms with Gasteiger partial charge in [-0.05, 0) is 43.9 Å². The Morgan fingerprint density at radius 1 is 1.18 bits per heavy atom. The Labute approximate surface area is 106 Å². The van der Waals surface area contributed by atoms with Crippen molar-refractivity contribution in [1.82, 2.24) is 10.2 Å². The van der Waals surface area contributed by atoms with E-state index in [1.165, 1.54) is 64.6 Å². The van der Waals surface area contributed by atoms with E-state index in [1.54, 1.807) is 0 Å². The van der Waals surface area contributed by atoms with Crippen LogP contribution in [0.3, 0.4) is 0 Å². The van der Waals surface area contributed by atoms with Gasteiger partial charge < -0.3 is 5.32 Å². The van der Waals surface area contributed by atoms with Crippen LogP contribution in [0.4, 0.5) is 0 Å². The predicted molar refractivity (Wildman–Crippen MR) is 72.1 cm³/mol. The van der Waals surface area contributed by atoms with Crippen molar-refractivity contribution in [1.29, 1.82) is 0 Å². The number of nitrogens with one attached hydrogen (secondary N) is 1. The second-order valence-corrected chi connectivity index (χ2v) is 6.55. The minimum atomic E-state index is 0.773. The molecule has 0 aromatic carbocycles. The summed E-state index contributed by atoms with van der Waals surface area (Å²) in [6.45, 7) is 6.31. The van der Waals surface area contributed by atoms with E-state index >= 15 is 0 Å². The van der Waals surface area contributed by atoms with E-state index in [-0.39, 0.29) is 0 Å². The highest BCUT2D eigenvalue weighted by atomic mass is 15.2. The first-order valence-corrected chi connectivity index (χ1v) is 7.84. The van der Waals surface area contributed by atoms with Gasteiger partial charge in [-0.3, -0.25) is 4.90 Å². The van der Waals surface area contributed by atoms with Crippen LogP contribution in [0.1, 0.15) is 51.9 Å². The summed E-state index contributed by atoms with van der Waals surface area (Å²) in [5, 5.41) is 3.79. The average Bonchev–Trinajstić information content (AvgIpc) is 3.08. The van der Waals surface area contributed by atoms with Crippen molar-refractivity contribution in [2.75, 3.05) is 19.6 Å². The fraction of sp³-hybridized carbons (Fsp3) is 1.00. The van der Waals surface area contributed by atoms with Crippen LogP contribution in [0.15, 0.2) is 0 Å². The van der Waals surface area contributed by atoms with Crippen LogP contribution in [0.2, 0.25) is 0 Å². The van der Waals surface area contributed by atoms with Crippen molar-refractivity contribution in [2.45, 2.75) is 64.0 Å². The second-order valence-electron chi connectivity index (χ2n) is 6.55. The first-order chi connectivity index (χ1) is 8.36. The molecule has 3 aliphatic rings. The van der Waals surface area contributed by atoms with Crippen molar-refractivity contribution in [3.8, 4) is 0 Å². The molecule has 2 saturated carbocycles. The highest BCUT2D eigenvalue weighted by molar-refractivity contribution is 4.96. The molecule has 2 heteroatoms. The number of hydrogen-bond donors (Lipinski definition) is 1. The van der Waals surface area contributed by atoms with Gasteiger partial charge in [-0.25, -0.2) is 0 Å². The Balaban J connectivity index is 1.56. The summed E-state index contributed by atoms with van der Waals surface area (Å²) in [4.78, 5) is 2.86. The molecule has 98 valence electrons. The normalized spacial score (nSPS) is 35.8. The molecule has 3 fully saturated rings. The SMILES string of the molecule is CCCC1CN(CC2CCC2)C(C2CC2)CN1. The lowest BCUT2D eigenvalue weighted by Crippen LogP contribution is -2.58. The highest BCUT2D eigenvalue weighted by Gasteiger charge is 2.39. The Morgan fingerprint density at radius 3 is 2.59 bits per heavy atom. The molecule has 0 radical (unpaired) electrons. The highest BCUT2D eigenvalue weighted by Crippen LogP contribution is 2.38. The Kier molecular flexibility index (Phi) is 3.72. The molecule has 3 rings (SSSR count). The molecule has 0 aromatic rings. The number of nitrogens with zero attached hydrogens (tertiary/aromatic N) is 1. The Hall–Kier alpha value is -0.0800. The van der Waals surface area contributed by atoms with Gasteiger partial charge in [0.1, 0.15) is 0 Å². The minimum absolute atomic E-state index is 0.773. The Morgan fingerprint density at radius 2 is 2.00 bits per heavy atom. The standard InChI is InChI=1S/C15H28N2/c1-2-4-14-11-17(10-12-5-3-6-12)15(9-16-14)13-7-8-13/h12-16H,2-11H2,1H3. The molecule has 1 aliphatic heterocycles. The zero-order valence-electron chi connectivity index (χ0n) is 11.3. The first kappa shape index (κ1) is 12.0. The molecule has 2 nitrogen and oxygen atoms in total. The third kappa shape index (κ3) is 2.85. The molecule has 0 aromatic heterocycles. The smallest absolute Gasteiger partial charge is 0.0249 e. The molecule has 2 unspecified atom stereocenters. The third-order valence-electron chi connectivity index (χ3n) is 5.06. The van der Waals surface area contributed by atoms with E-state index in [0.717, 1.165) is 23.9 Å². The van der Waals surface area contributed by atoms with Gasteiger partial charge in [0.15, 0.2) is 0 Å². The van der Waals surface area contributed by atoms with Crippen molar-refractivity contribution in [3.05, 3.63) is 0 Å². The van der Waals surface area contributed by atoms with Gasteiger partial charge in [-0.2, -0.15) is 0 Å². The topological polar surface area (TPSA) is 15.3 Å². The fourth-order valence-corrected chi connectivity index (χ4v) is 3.60. The second kappa shape index (κ2) is 5.27. The summed E-state index contributed by atoms with van der Waals surface area (Å²) in [5.74, 6) is 2.07. The van der Waals surface area contributed by atoms with Crippen molar-refractivity contribution >= 4 is 0 Å². The minimum Gasteiger partial charge on any atom is -0.311 e. The summed E-state index contributed by atoms with van der Waals surface area (Å²) < 4.78 is 0. The van der Waals surface area contributed by atoms with E-state index < -0.39 is 0 Å². The fourth-order valence-electron chi connectivity index (χ4n) is 3.60. The van der Waals surface area contributed by atoms with E-state index in [1.807, 2.05) is 0 Å². The molecule has 1 N–H and O–H groups in total. The van der Waals surface area contributed by atoms with Crippen molar-refractivity contribution < 1.29 is 0 Å². The van der Waals surface area contributed by atoms with E-state index in [4.69, 9.17) is 0 Å². The molecule has 0 bridgehead atoms. The molecule has 0 spiro atoms. The summed E-state index contributed by atoms with van der Waals surface area (Å²) in [6.07, 6.45) is 10.2. The zero-order chi connectivity index (χ0) is 11.7. The summed E-state index contributed by atoms with van der Waals surface area (Å²) in [6, 6.07) is 1.65. The monoisotopic (exact) mass is 236 g/mol. The molecule has 1 saturated heterocycles. The maximum absolute atomic E-state index is 3.79. The van der Waals surface area contributed by atoms with Crippen LogP contribution in [0, 0.1) is 11.8 Å². The molecular weight excluding hydrogens is 208 g/mol. The summed E-state index contributed by atoms with van der Waals surface area (Å²) in [7, 11) is 0. The van der Waals surface area contributed by atoms with Crippen LogP contribution < -0.4 is 5.32 Å². The quantitative estimate of drug-likeness (QED) is 0.789. The zero-order valence-corrected chi connectivity index (χ0v) is 11.3. The summed E-state index contributed by atoms with van der Waals surface area (Å²) >= 11 is 0. The van der Waals surface area contributed by atoms with E-state index in [0.29, 0.717) is 0 Å². The number of rotatable bonds is 5. The van der Waals surface area contributed by atoms with Gasteiger partial charge in [0.25, 0.3) is 0 Å². The molecular formula is C15H28N2. The third-order valence-corrected chi connectivity index (χ3v) is 5.06. The molecule has 2 atom stereocenters. The van der Waals surface area contributed by atoms with Gasteiger partial charge in [0.2, 0.25) is 0 Å².